The van der Waals surface area contributed by atoms with Crippen molar-refractivity contribution in [1.29, 1.82) is 0 Å². The molecule has 220 valence electrons. The van der Waals surface area contributed by atoms with Gasteiger partial charge in [-0.2, -0.15) is 0 Å². The second-order valence-corrected chi connectivity index (χ2v) is 13.7. The molecule has 0 amide bonds. The van der Waals surface area contributed by atoms with Gasteiger partial charge in [-0.25, -0.2) is 9.13 Å². The van der Waals surface area contributed by atoms with Crippen LogP contribution >= 0.6 is 27.4 Å². The number of hydrogen-bond acceptors (Lipinski definition) is 7. The summed E-state index contributed by atoms with van der Waals surface area (Å²) in [5, 5.41) is 6.27. The minimum atomic E-state index is -3.90. The highest BCUT2D eigenvalue weighted by Crippen LogP contribution is 2.54. The van der Waals surface area contributed by atoms with Gasteiger partial charge in [0.05, 0.1) is 0 Å². The Hall–Kier alpha value is -3.77. The first-order valence-electron chi connectivity index (χ1n) is 13.6. The molecule has 0 spiro atoms. The Labute approximate surface area is 252 Å². The van der Waals surface area contributed by atoms with E-state index < -0.39 is 26.8 Å². The number of nitrogens with one attached hydrogen (secondary N) is 2. The van der Waals surface area contributed by atoms with Gasteiger partial charge in [0.15, 0.2) is 16.7 Å². The lowest BCUT2D eigenvalue weighted by molar-refractivity contribution is 0.362. The number of thiocarbonyl (C=S) groups is 1. The summed E-state index contributed by atoms with van der Waals surface area (Å²) in [5.41, 5.74) is 0. The molecule has 4 aromatic rings. The van der Waals surface area contributed by atoms with Crippen LogP contribution in [-0.4, -0.2) is 16.7 Å². The molecule has 4 aromatic carbocycles. The van der Waals surface area contributed by atoms with Gasteiger partial charge in [0.25, 0.3) is 0 Å². The zero-order valence-corrected chi connectivity index (χ0v) is 26.0. The maximum atomic E-state index is 14.4. The molecule has 0 aliphatic heterocycles. The predicted octanol–water partition coefficient (Wildman–Crippen LogP) is 8.62. The van der Waals surface area contributed by atoms with Crippen molar-refractivity contribution in [3.8, 4) is 23.0 Å². The first-order valence-corrected chi connectivity index (χ1v) is 17.2. The maximum absolute atomic E-state index is 14.4. The molecule has 0 radical (unpaired) electrons. The summed E-state index contributed by atoms with van der Waals surface area (Å²) < 4.78 is 52.7. The van der Waals surface area contributed by atoms with Gasteiger partial charge in [0, 0.05) is 0 Å². The topological polar surface area (TPSA) is 95.1 Å². The molecular formula is C31H34N2O6P2S. The molecule has 0 aliphatic carbocycles. The average molecular weight is 625 g/mol. The van der Waals surface area contributed by atoms with Crippen LogP contribution in [0.25, 0.3) is 0 Å². The fraction of sp³-hybridized carbons (Fsp3) is 0.194. The van der Waals surface area contributed by atoms with E-state index in [-0.39, 0.29) is 5.11 Å². The van der Waals surface area contributed by atoms with Crippen molar-refractivity contribution in [3.63, 3.8) is 0 Å². The third-order valence-electron chi connectivity index (χ3n) is 6.04. The van der Waals surface area contributed by atoms with Gasteiger partial charge in [-0.3, -0.25) is 0 Å². The molecule has 0 aromatic heterocycles. The van der Waals surface area contributed by atoms with Gasteiger partial charge in [0.2, 0.25) is 0 Å². The normalized spacial score (nSPS) is 12.8. The largest absolute Gasteiger partial charge is 0.452 e. The lowest BCUT2D eigenvalue weighted by Gasteiger charge is -2.31. The fourth-order valence-corrected chi connectivity index (χ4v) is 8.13. The first-order chi connectivity index (χ1) is 20.3. The van der Waals surface area contributed by atoms with E-state index in [0.29, 0.717) is 35.8 Å². The van der Waals surface area contributed by atoms with E-state index in [9.17, 15) is 9.13 Å². The van der Waals surface area contributed by atoms with Crippen LogP contribution in [0.1, 0.15) is 26.7 Å². The van der Waals surface area contributed by atoms with Crippen LogP contribution in [0.3, 0.4) is 0 Å². The van der Waals surface area contributed by atoms with Crippen molar-refractivity contribution in [2.24, 2.45) is 0 Å². The molecule has 0 heterocycles. The van der Waals surface area contributed by atoms with Crippen LogP contribution in [0.4, 0.5) is 0 Å². The summed E-state index contributed by atoms with van der Waals surface area (Å²) in [6.45, 7) is 3.68. The summed E-state index contributed by atoms with van der Waals surface area (Å²) >= 11 is 5.65. The summed E-state index contributed by atoms with van der Waals surface area (Å²) in [6.07, 6.45) is 0.683. The molecule has 2 N–H and O–H groups in total. The molecule has 4 rings (SSSR count). The molecule has 2 unspecified atom stereocenters. The first kappa shape index (κ1) is 31.2. The second kappa shape index (κ2) is 14.9. The molecule has 0 fully saturated rings. The molecule has 0 saturated carbocycles. The van der Waals surface area contributed by atoms with Gasteiger partial charge in [-0.05, 0) is 73.6 Å². The smallest absolute Gasteiger partial charge is 0.415 e. The monoisotopic (exact) mass is 624 g/mol. The number of para-hydroxylation sites is 4. The Morgan fingerprint density at radius 1 is 0.548 bits per heavy atom. The zero-order chi connectivity index (χ0) is 29.8. The number of hydrogen-bond donors (Lipinski definition) is 2. The van der Waals surface area contributed by atoms with Gasteiger partial charge >= 0.3 is 15.2 Å². The lowest BCUT2D eigenvalue weighted by atomic mass is 10.3. The molecule has 11 heteroatoms. The highest BCUT2D eigenvalue weighted by Gasteiger charge is 2.42. The van der Waals surface area contributed by atoms with Crippen molar-refractivity contribution in [1.82, 2.24) is 10.6 Å². The third kappa shape index (κ3) is 8.62. The summed E-state index contributed by atoms with van der Waals surface area (Å²) in [5.74, 6) is -0.142. The van der Waals surface area contributed by atoms with Gasteiger partial charge in [-0.1, -0.05) is 86.6 Å². The van der Waals surface area contributed by atoms with Crippen molar-refractivity contribution in [3.05, 3.63) is 121 Å². The van der Waals surface area contributed by atoms with Gasteiger partial charge in [0.1, 0.15) is 23.0 Å². The average Bonchev–Trinajstić information content (AvgIpc) is 3.00. The Morgan fingerprint density at radius 3 is 1.00 bits per heavy atom. The van der Waals surface area contributed by atoms with Crippen LogP contribution in [0.2, 0.25) is 0 Å². The SMILES string of the molecule is CCC(NC(=S)NC(CC)P(=O)(Oc1ccccc1)Oc1ccccc1)P(=O)(Oc1ccccc1)Oc1ccccc1. The number of benzene rings is 4. The fourth-order valence-electron chi connectivity index (χ4n) is 3.96. The zero-order valence-electron chi connectivity index (χ0n) is 23.4. The van der Waals surface area contributed by atoms with Crippen LogP contribution in [-0.2, 0) is 9.13 Å². The van der Waals surface area contributed by atoms with Gasteiger partial charge in [-0.15, -0.1) is 0 Å². The van der Waals surface area contributed by atoms with Crippen molar-refractivity contribution in [2.75, 3.05) is 0 Å². The highest BCUT2D eigenvalue weighted by atomic mass is 32.1. The molecular weight excluding hydrogens is 590 g/mol. The Morgan fingerprint density at radius 2 is 0.786 bits per heavy atom. The lowest BCUT2D eigenvalue weighted by Crippen LogP contribution is -2.47. The molecule has 42 heavy (non-hydrogen) atoms. The third-order valence-corrected chi connectivity index (χ3v) is 10.6. The van der Waals surface area contributed by atoms with Gasteiger partial charge < -0.3 is 28.7 Å². The maximum Gasteiger partial charge on any atom is 0.452 e. The molecule has 0 aliphatic rings. The minimum absolute atomic E-state index is 0.0933. The summed E-state index contributed by atoms with van der Waals surface area (Å²) in [7, 11) is -7.80. The highest BCUT2D eigenvalue weighted by molar-refractivity contribution is 7.80. The van der Waals surface area contributed by atoms with E-state index in [1.165, 1.54) is 0 Å². The Kier molecular flexibility index (Phi) is 11.1. The van der Waals surface area contributed by atoms with Crippen LogP contribution in [0.15, 0.2) is 121 Å². The van der Waals surface area contributed by atoms with Crippen LogP contribution < -0.4 is 28.7 Å². The van der Waals surface area contributed by atoms with Crippen molar-refractivity contribution >= 4 is 32.5 Å². The van der Waals surface area contributed by atoms with E-state index in [0.717, 1.165) is 0 Å². The van der Waals surface area contributed by atoms with Crippen molar-refractivity contribution in [2.45, 2.75) is 38.3 Å². The quantitative estimate of drug-likeness (QED) is 0.106. The van der Waals surface area contributed by atoms with E-state index >= 15 is 0 Å². The van der Waals surface area contributed by atoms with E-state index in [1.54, 1.807) is 97.1 Å². The molecule has 0 saturated heterocycles. The molecule has 2 atom stereocenters. The minimum Gasteiger partial charge on any atom is -0.415 e. The predicted molar refractivity (Wildman–Crippen MR) is 171 cm³/mol. The number of rotatable bonds is 14. The van der Waals surface area contributed by atoms with E-state index in [1.807, 2.05) is 38.1 Å². The molecule has 8 nitrogen and oxygen atoms in total. The standard InChI is InChI=1S/C31H34N2O6P2S/c1-3-29(40(34,36-25-17-9-5-10-18-25)37-26-19-11-6-12-20-26)32-31(42)33-30(4-2)41(35,38-27-21-13-7-14-22-27)39-28-23-15-8-16-24-28/h5-24,29-30H,3-4H2,1-2H3,(H2,32,33,42). The Balaban J connectivity index is 1.57. The summed E-state index contributed by atoms with van der Waals surface area (Å²) in [6, 6.07) is 35.2. The summed E-state index contributed by atoms with van der Waals surface area (Å²) in [4.78, 5) is 0. The molecule has 0 bridgehead atoms. The van der Waals surface area contributed by atoms with E-state index in [2.05, 4.69) is 10.6 Å². The van der Waals surface area contributed by atoms with Crippen LogP contribution in [0.5, 0.6) is 23.0 Å². The van der Waals surface area contributed by atoms with Crippen LogP contribution in [0, 0.1) is 0 Å². The Bertz CT molecular complexity index is 1290. The van der Waals surface area contributed by atoms with Crippen molar-refractivity contribution < 1.29 is 27.2 Å². The second-order valence-electron chi connectivity index (χ2n) is 9.16. The van der Waals surface area contributed by atoms with E-state index in [4.69, 9.17) is 30.3 Å².